The average molecular weight is 214 g/mol. The van der Waals surface area contributed by atoms with Gasteiger partial charge in [0.1, 0.15) is 0 Å². The van der Waals surface area contributed by atoms with Gasteiger partial charge in [0.25, 0.3) is 0 Å². The van der Waals surface area contributed by atoms with Crippen molar-refractivity contribution >= 4 is 35.9 Å². The van der Waals surface area contributed by atoms with Crippen LogP contribution in [0.3, 0.4) is 0 Å². The highest BCUT2D eigenvalue weighted by Crippen LogP contribution is 2.00. The Hall–Kier alpha value is -0.0900. The van der Waals surface area contributed by atoms with Gasteiger partial charge in [0.05, 0.1) is 0 Å². The summed E-state index contributed by atoms with van der Waals surface area (Å²) in [6, 6.07) is 8.23. The van der Waals surface area contributed by atoms with Crippen LogP contribution < -0.4 is 0 Å². The minimum atomic E-state index is -2.08. The number of hydrogen-bond acceptors (Lipinski definition) is 2. The summed E-state index contributed by atoms with van der Waals surface area (Å²) in [4.78, 5) is 0.331. The molecule has 1 unspecified atom stereocenters. The fraction of sp³-hybridized carbons (Fsp3) is 0. The number of hydrogen-bond donors (Lipinski definition) is 0. The smallest absolute Gasteiger partial charge is 0.0248 e. The Balaban J connectivity index is 0. The van der Waals surface area contributed by atoms with E-state index in [1.165, 1.54) is 0 Å². The van der Waals surface area contributed by atoms with Gasteiger partial charge in [-0.25, -0.2) is 0 Å². The first-order valence-corrected chi connectivity index (χ1v) is 3.52. The lowest BCUT2D eigenvalue weighted by Crippen LogP contribution is -1.85. The standard InChI is InChI=1S/C6H6O2S.2ClH/c7-9(8)6-4-2-1-3-5-6;;/h1-5H,(H,7,8);2*1H/p-1. The van der Waals surface area contributed by atoms with E-state index in [0.717, 1.165) is 0 Å². The quantitative estimate of drug-likeness (QED) is 0.668. The Morgan fingerprint density at radius 1 is 1.09 bits per heavy atom. The van der Waals surface area contributed by atoms with Crippen LogP contribution in [0.15, 0.2) is 35.2 Å². The fourth-order valence-electron chi connectivity index (χ4n) is 0.532. The molecule has 0 aliphatic carbocycles. The summed E-state index contributed by atoms with van der Waals surface area (Å²) >= 11 is -2.08. The second-order valence-corrected chi connectivity index (χ2v) is 2.49. The predicted octanol–water partition coefficient (Wildman–Crippen LogP) is 1.77. The Kier molecular flexibility index (Phi) is 8.11. The molecule has 0 aliphatic rings. The van der Waals surface area contributed by atoms with Crippen LogP contribution in [-0.2, 0) is 11.1 Å². The van der Waals surface area contributed by atoms with Gasteiger partial charge in [-0.3, -0.25) is 4.21 Å². The molecule has 1 aromatic carbocycles. The van der Waals surface area contributed by atoms with Gasteiger partial charge in [-0.2, -0.15) is 0 Å². The van der Waals surface area contributed by atoms with Gasteiger partial charge in [-0.1, -0.05) is 18.2 Å². The van der Waals surface area contributed by atoms with Gasteiger partial charge in [-0.15, -0.1) is 24.8 Å². The largest absolute Gasteiger partial charge is 0.768 e. The Morgan fingerprint density at radius 3 is 1.82 bits per heavy atom. The van der Waals surface area contributed by atoms with E-state index < -0.39 is 11.1 Å². The first-order chi connectivity index (χ1) is 4.30. The maximum absolute atomic E-state index is 10.2. The number of rotatable bonds is 1. The monoisotopic (exact) mass is 213 g/mol. The Bertz CT molecular complexity index is 215. The van der Waals surface area contributed by atoms with Gasteiger partial charge in [0, 0.05) is 4.90 Å². The van der Waals surface area contributed by atoms with Crippen molar-refractivity contribution in [1.29, 1.82) is 0 Å². The zero-order valence-electron chi connectivity index (χ0n) is 5.43. The van der Waals surface area contributed by atoms with Crippen LogP contribution in [0.25, 0.3) is 0 Å². The normalized spacial score (nSPS) is 10.6. The molecule has 0 bridgehead atoms. The van der Waals surface area contributed by atoms with Gasteiger partial charge < -0.3 is 4.55 Å². The molecule has 0 saturated carbocycles. The second-order valence-electron chi connectivity index (χ2n) is 1.55. The fourth-order valence-corrected chi connectivity index (χ4v) is 0.911. The van der Waals surface area contributed by atoms with Crippen LogP contribution in [0.1, 0.15) is 0 Å². The summed E-state index contributed by atoms with van der Waals surface area (Å²) in [5, 5.41) is 0. The molecule has 0 N–H and O–H groups in total. The molecule has 0 spiro atoms. The predicted molar refractivity (Wildman–Crippen MR) is 48.1 cm³/mol. The minimum Gasteiger partial charge on any atom is -0.768 e. The zero-order chi connectivity index (χ0) is 6.69. The second kappa shape index (κ2) is 6.61. The Morgan fingerprint density at radius 2 is 1.55 bits per heavy atom. The van der Waals surface area contributed by atoms with Crippen LogP contribution >= 0.6 is 24.8 Å². The van der Waals surface area contributed by atoms with Crippen LogP contribution in [0.2, 0.25) is 0 Å². The van der Waals surface area contributed by atoms with Gasteiger partial charge in [0.15, 0.2) is 0 Å². The molecule has 0 fully saturated rings. The van der Waals surface area contributed by atoms with E-state index in [1.807, 2.05) is 0 Å². The molecule has 1 aromatic rings. The third kappa shape index (κ3) is 4.37. The van der Waals surface area contributed by atoms with E-state index in [9.17, 15) is 8.76 Å². The first kappa shape index (κ1) is 13.5. The molecule has 1 atom stereocenters. The van der Waals surface area contributed by atoms with Crippen molar-refractivity contribution in [3.63, 3.8) is 0 Å². The van der Waals surface area contributed by atoms with Gasteiger partial charge >= 0.3 is 0 Å². The topological polar surface area (TPSA) is 40.1 Å². The molecule has 0 radical (unpaired) electrons. The van der Waals surface area contributed by atoms with Crippen molar-refractivity contribution in [2.24, 2.45) is 0 Å². The molecular weight excluding hydrogens is 207 g/mol. The lowest BCUT2D eigenvalue weighted by Gasteiger charge is -2.01. The molecule has 0 saturated heterocycles. The highest BCUT2D eigenvalue weighted by Gasteiger charge is 1.84. The van der Waals surface area contributed by atoms with E-state index in [1.54, 1.807) is 30.3 Å². The molecule has 2 nitrogen and oxygen atoms in total. The molecule has 0 heterocycles. The van der Waals surface area contributed by atoms with E-state index in [4.69, 9.17) is 0 Å². The van der Waals surface area contributed by atoms with E-state index in [0.29, 0.717) is 4.90 Å². The van der Waals surface area contributed by atoms with Crippen LogP contribution in [0.4, 0.5) is 0 Å². The maximum atomic E-state index is 10.2. The third-order valence-corrected chi connectivity index (χ3v) is 1.59. The van der Waals surface area contributed by atoms with Crippen LogP contribution in [-0.4, -0.2) is 8.76 Å². The first-order valence-electron chi connectivity index (χ1n) is 2.45. The highest BCUT2D eigenvalue weighted by atomic mass is 35.5. The van der Waals surface area contributed by atoms with Crippen molar-refractivity contribution in [3.8, 4) is 0 Å². The van der Waals surface area contributed by atoms with Crippen molar-refractivity contribution < 1.29 is 8.76 Å². The summed E-state index contributed by atoms with van der Waals surface area (Å²) in [6.07, 6.45) is 0. The molecule has 0 amide bonds. The molecule has 0 aromatic heterocycles. The van der Waals surface area contributed by atoms with Crippen molar-refractivity contribution in [1.82, 2.24) is 0 Å². The molecule has 64 valence electrons. The Labute approximate surface area is 80.1 Å². The summed E-state index contributed by atoms with van der Waals surface area (Å²) < 4.78 is 20.4. The van der Waals surface area contributed by atoms with E-state index in [-0.39, 0.29) is 24.8 Å². The SMILES string of the molecule is Cl.Cl.O=S([O-])c1ccccc1. The summed E-state index contributed by atoms with van der Waals surface area (Å²) in [5.41, 5.74) is 0. The van der Waals surface area contributed by atoms with Crippen molar-refractivity contribution in [3.05, 3.63) is 30.3 Å². The van der Waals surface area contributed by atoms with Gasteiger partial charge in [0.2, 0.25) is 0 Å². The van der Waals surface area contributed by atoms with Crippen molar-refractivity contribution in [2.45, 2.75) is 4.90 Å². The van der Waals surface area contributed by atoms with Gasteiger partial charge in [-0.05, 0) is 23.2 Å². The molecule has 11 heavy (non-hydrogen) atoms. The van der Waals surface area contributed by atoms with Crippen LogP contribution in [0.5, 0.6) is 0 Å². The van der Waals surface area contributed by atoms with Crippen molar-refractivity contribution in [2.75, 3.05) is 0 Å². The number of benzene rings is 1. The molecule has 0 aliphatic heterocycles. The maximum Gasteiger partial charge on any atom is 0.0248 e. The van der Waals surface area contributed by atoms with E-state index >= 15 is 0 Å². The minimum absolute atomic E-state index is 0. The van der Waals surface area contributed by atoms with E-state index in [2.05, 4.69) is 0 Å². The number of halogens is 2. The lowest BCUT2D eigenvalue weighted by atomic mass is 10.4. The lowest BCUT2D eigenvalue weighted by molar-refractivity contribution is 0.537. The third-order valence-electron chi connectivity index (χ3n) is 0.936. The zero-order valence-corrected chi connectivity index (χ0v) is 7.88. The highest BCUT2D eigenvalue weighted by molar-refractivity contribution is 7.79. The summed E-state index contributed by atoms with van der Waals surface area (Å²) in [5.74, 6) is 0. The summed E-state index contributed by atoms with van der Waals surface area (Å²) in [6.45, 7) is 0. The molecular formula is C6H7Cl2O2S-. The average Bonchev–Trinajstić information content (AvgIpc) is 1.90. The molecule has 5 heteroatoms. The van der Waals surface area contributed by atoms with Crippen LogP contribution in [0, 0.1) is 0 Å². The molecule has 1 rings (SSSR count). The summed E-state index contributed by atoms with van der Waals surface area (Å²) in [7, 11) is 0.